The summed E-state index contributed by atoms with van der Waals surface area (Å²) in [4.78, 5) is 11.2. The number of ether oxygens (including phenoxy) is 1. The minimum absolute atomic E-state index is 0.0591. The first-order valence-electron chi connectivity index (χ1n) is 9.52. The SMILES string of the molecule is CC(C)(C)[C@@H]1CCCN1c1nc(Cl)nn2c([C@@H]3O[C@H](CO)[C@@H](O)[C@H]3O)cnc12. The van der Waals surface area contributed by atoms with Crippen molar-refractivity contribution in [3.05, 3.63) is 17.2 Å². The van der Waals surface area contributed by atoms with E-state index >= 15 is 0 Å². The fourth-order valence-corrected chi connectivity index (χ4v) is 4.47. The second-order valence-electron chi connectivity index (χ2n) is 8.60. The van der Waals surface area contributed by atoms with Crippen LogP contribution < -0.4 is 4.90 Å². The summed E-state index contributed by atoms with van der Waals surface area (Å²) in [5.41, 5.74) is 1.03. The number of halogens is 1. The summed E-state index contributed by atoms with van der Waals surface area (Å²) in [6.07, 6.45) is -0.488. The fourth-order valence-electron chi connectivity index (χ4n) is 4.31. The molecule has 3 N–H and O–H groups in total. The Bertz CT molecular complexity index is 870. The smallest absolute Gasteiger partial charge is 0.243 e. The molecule has 2 aliphatic heterocycles. The molecule has 5 atom stereocenters. The van der Waals surface area contributed by atoms with Crippen molar-refractivity contribution in [2.75, 3.05) is 18.1 Å². The van der Waals surface area contributed by atoms with Gasteiger partial charge < -0.3 is 25.0 Å². The third-order valence-electron chi connectivity index (χ3n) is 5.70. The lowest BCUT2D eigenvalue weighted by Crippen LogP contribution is -2.40. The highest BCUT2D eigenvalue weighted by atomic mass is 35.5. The van der Waals surface area contributed by atoms with Crippen LogP contribution >= 0.6 is 11.6 Å². The van der Waals surface area contributed by atoms with Crippen molar-refractivity contribution < 1.29 is 20.1 Å². The molecule has 0 aliphatic carbocycles. The molecule has 2 fully saturated rings. The van der Waals surface area contributed by atoms with Crippen LogP contribution in [0.2, 0.25) is 5.28 Å². The number of aromatic nitrogens is 4. The molecular weight excluding hydrogens is 386 g/mol. The van der Waals surface area contributed by atoms with Crippen LogP contribution in [0.1, 0.15) is 45.4 Å². The lowest BCUT2D eigenvalue weighted by Gasteiger charge is -2.35. The molecule has 0 unspecified atom stereocenters. The van der Waals surface area contributed by atoms with Crippen molar-refractivity contribution in [3.8, 4) is 0 Å². The maximum Gasteiger partial charge on any atom is 0.243 e. The third-order valence-corrected chi connectivity index (χ3v) is 5.86. The number of rotatable bonds is 3. The van der Waals surface area contributed by atoms with Crippen LogP contribution in [0.25, 0.3) is 5.65 Å². The number of fused-ring (bicyclic) bond motifs is 1. The van der Waals surface area contributed by atoms with Gasteiger partial charge in [-0.1, -0.05) is 20.8 Å². The van der Waals surface area contributed by atoms with Crippen molar-refractivity contribution in [3.63, 3.8) is 0 Å². The minimum Gasteiger partial charge on any atom is -0.394 e. The summed E-state index contributed by atoms with van der Waals surface area (Å²) in [5.74, 6) is 0.649. The van der Waals surface area contributed by atoms with E-state index in [1.165, 1.54) is 4.52 Å². The van der Waals surface area contributed by atoms with Crippen molar-refractivity contribution in [2.45, 2.75) is 64.1 Å². The van der Waals surface area contributed by atoms with Crippen molar-refractivity contribution in [1.82, 2.24) is 19.6 Å². The Balaban J connectivity index is 1.78. The number of imidazole rings is 1. The van der Waals surface area contributed by atoms with Gasteiger partial charge in [-0.25, -0.2) is 9.50 Å². The molecule has 0 saturated carbocycles. The Labute approximate surface area is 167 Å². The van der Waals surface area contributed by atoms with Crippen molar-refractivity contribution in [1.29, 1.82) is 0 Å². The lowest BCUT2D eigenvalue weighted by atomic mass is 9.85. The van der Waals surface area contributed by atoms with Crippen LogP contribution in [0.3, 0.4) is 0 Å². The molecule has 0 amide bonds. The van der Waals surface area contributed by atoms with Crippen LogP contribution in [-0.4, -0.2) is 72.4 Å². The summed E-state index contributed by atoms with van der Waals surface area (Å²) in [6.45, 7) is 7.05. The fraction of sp³-hybridized carbons (Fsp3) is 0.722. The van der Waals surface area contributed by atoms with Crippen LogP contribution in [-0.2, 0) is 4.74 Å². The van der Waals surface area contributed by atoms with Crippen molar-refractivity contribution in [2.24, 2.45) is 5.41 Å². The second-order valence-corrected chi connectivity index (χ2v) is 8.94. The van der Waals surface area contributed by atoms with E-state index in [0.29, 0.717) is 17.2 Å². The second kappa shape index (κ2) is 7.07. The number of aliphatic hydroxyl groups is 3. The van der Waals surface area contributed by atoms with E-state index < -0.39 is 31.0 Å². The minimum atomic E-state index is -1.21. The molecule has 2 aromatic heterocycles. The summed E-state index contributed by atoms with van der Waals surface area (Å²) in [7, 11) is 0. The van der Waals surface area contributed by atoms with Crippen LogP contribution in [0.15, 0.2) is 6.20 Å². The topological polar surface area (TPSA) is 116 Å². The van der Waals surface area contributed by atoms with Gasteiger partial charge in [0, 0.05) is 12.6 Å². The number of aliphatic hydroxyl groups excluding tert-OH is 3. The molecule has 2 saturated heterocycles. The van der Waals surface area contributed by atoms with E-state index in [1.54, 1.807) is 6.20 Å². The van der Waals surface area contributed by atoms with E-state index in [9.17, 15) is 15.3 Å². The Morgan fingerprint density at radius 2 is 2.04 bits per heavy atom. The quantitative estimate of drug-likeness (QED) is 0.683. The molecule has 9 nitrogen and oxygen atoms in total. The maximum absolute atomic E-state index is 10.4. The summed E-state index contributed by atoms with van der Waals surface area (Å²) >= 11 is 6.23. The van der Waals surface area contributed by atoms with Gasteiger partial charge in [0.1, 0.15) is 24.4 Å². The predicted molar refractivity (Wildman–Crippen MR) is 102 cm³/mol. The van der Waals surface area contributed by atoms with Gasteiger partial charge in [0.15, 0.2) is 11.5 Å². The summed E-state index contributed by atoms with van der Waals surface area (Å²) < 4.78 is 7.16. The molecule has 0 bridgehead atoms. The molecule has 2 aromatic rings. The first kappa shape index (κ1) is 19.8. The molecule has 4 heterocycles. The Kier molecular flexibility index (Phi) is 4.99. The third kappa shape index (κ3) is 3.15. The first-order valence-corrected chi connectivity index (χ1v) is 9.90. The molecule has 0 spiro atoms. The normalized spacial score (nSPS) is 31.2. The maximum atomic E-state index is 10.4. The Morgan fingerprint density at radius 1 is 1.29 bits per heavy atom. The zero-order valence-electron chi connectivity index (χ0n) is 16.2. The largest absolute Gasteiger partial charge is 0.394 e. The monoisotopic (exact) mass is 411 g/mol. The Hall–Kier alpha value is -1.52. The first-order chi connectivity index (χ1) is 13.2. The van der Waals surface area contributed by atoms with E-state index in [2.05, 4.69) is 40.7 Å². The number of hydrogen-bond acceptors (Lipinski definition) is 8. The van der Waals surface area contributed by atoms with Crippen LogP contribution in [0.4, 0.5) is 5.82 Å². The van der Waals surface area contributed by atoms with Gasteiger partial charge in [0.2, 0.25) is 5.28 Å². The molecule has 4 rings (SSSR count). The van der Waals surface area contributed by atoms with Gasteiger partial charge in [-0.3, -0.25) is 0 Å². The van der Waals surface area contributed by atoms with E-state index in [-0.39, 0.29) is 16.7 Å². The van der Waals surface area contributed by atoms with Crippen molar-refractivity contribution >= 4 is 23.1 Å². The highest BCUT2D eigenvalue weighted by Crippen LogP contribution is 2.38. The van der Waals surface area contributed by atoms with E-state index in [4.69, 9.17) is 16.3 Å². The standard InChI is InChI=1S/C18H26ClN5O4/c1-18(2,3)11-5-4-6-23(11)16-15-20-7-9(24(15)22-17(19)21-16)14-13(27)12(26)10(8-25)28-14/h7,10-14,25-27H,4-6,8H2,1-3H3/t10-,11+,12-,13-,14+/m1/s1. The summed E-state index contributed by atoms with van der Waals surface area (Å²) in [6, 6.07) is 0.288. The molecule has 28 heavy (non-hydrogen) atoms. The van der Waals surface area contributed by atoms with Gasteiger partial charge in [-0.15, -0.1) is 5.10 Å². The molecule has 10 heteroatoms. The zero-order valence-corrected chi connectivity index (χ0v) is 16.9. The van der Waals surface area contributed by atoms with Gasteiger partial charge in [-0.05, 0) is 29.9 Å². The average Bonchev–Trinajstić information content (AvgIpc) is 3.33. The number of anilines is 1. The van der Waals surface area contributed by atoms with E-state index in [0.717, 1.165) is 19.4 Å². The molecule has 2 aliphatic rings. The van der Waals surface area contributed by atoms with Crippen LogP contribution in [0.5, 0.6) is 0 Å². The lowest BCUT2D eigenvalue weighted by molar-refractivity contribution is -0.0244. The highest BCUT2D eigenvalue weighted by molar-refractivity contribution is 6.28. The van der Waals surface area contributed by atoms with Gasteiger partial charge in [-0.2, -0.15) is 4.98 Å². The van der Waals surface area contributed by atoms with Gasteiger partial charge in [0.05, 0.1) is 18.5 Å². The Morgan fingerprint density at radius 3 is 2.68 bits per heavy atom. The predicted octanol–water partition coefficient (Wildman–Crippen LogP) is 0.947. The molecule has 0 aromatic carbocycles. The molecular formula is C18H26ClN5O4. The van der Waals surface area contributed by atoms with Gasteiger partial charge >= 0.3 is 0 Å². The number of hydrogen-bond donors (Lipinski definition) is 3. The summed E-state index contributed by atoms with van der Waals surface area (Å²) in [5, 5.41) is 34.1. The number of nitrogens with zero attached hydrogens (tertiary/aromatic N) is 5. The zero-order chi connectivity index (χ0) is 20.2. The van der Waals surface area contributed by atoms with E-state index in [1.807, 2.05) is 0 Å². The highest BCUT2D eigenvalue weighted by Gasteiger charge is 2.45. The molecule has 154 valence electrons. The van der Waals surface area contributed by atoms with Gasteiger partial charge in [0.25, 0.3) is 0 Å². The van der Waals surface area contributed by atoms with Crippen LogP contribution in [0, 0.1) is 5.41 Å². The average molecular weight is 412 g/mol. The molecule has 0 radical (unpaired) electrons.